The van der Waals surface area contributed by atoms with Crippen molar-refractivity contribution < 1.29 is 17.9 Å². The lowest BCUT2D eigenvalue weighted by Gasteiger charge is -2.40. The number of para-hydroxylation sites is 1. The molecule has 0 bridgehead atoms. The van der Waals surface area contributed by atoms with Gasteiger partial charge in [0.25, 0.3) is 0 Å². The molecule has 11 nitrogen and oxygen atoms in total. The maximum absolute atomic E-state index is 12.1. The smallest absolute Gasteiger partial charge is 0.232 e. The average molecular weight is 540 g/mol. The van der Waals surface area contributed by atoms with Crippen LogP contribution in [0.3, 0.4) is 0 Å². The Labute approximate surface area is 223 Å². The highest BCUT2D eigenvalue weighted by atomic mass is 32.2. The first-order valence-electron chi connectivity index (χ1n) is 12.7. The molecule has 2 aliphatic heterocycles. The Bertz CT molecular complexity index is 1360. The number of hydrogen-bond acceptors (Lipinski definition) is 11. The Morgan fingerprint density at radius 2 is 1.63 bits per heavy atom. The van der Waals surface area contributed by atoms with Crippen LogP contribution in [0.1, 0.15) is 12.8 Å². The summed E-state index contributed by atoms with van der Waals surface area (Å²) in [6.45, 7) is 5.71. The van der Waals surface area contributed by atoms with Crippen LogP contribution in [-0.2, 0) is 14.6 Å². The summed E-state index contributed by atoms with van der Waals surface area (Å²) in [5.74, 6) is 1.20. The van der Waals surface area contributed by atoms with Crippen LogP contribution in [0.25, 0.3) is 0 Å². The van der Waals surface area contributed by atoms with Crippen LogP contribution in [0.2, 0.25) is 0 Å². The van der Waals surface area contributed by atoms with E-state index in [9.17, 15) is 8.42 Å². The predicted molar refractivity (Wildman–Crippen MR) is 147 cm³/mol. The average Bonchev–Trinajstić information content (AvgIpc) is 2.94. The number of nitrogens with zero attached hydrogens (tertiary/aromatic N) is 5. The normalized spacial score (nSPS) is 17.3. The summed E-state index contributed by atoms with van der Waals surface area (Å²) in [5, 5.41) is 6.18. The molecule has 0 saturated carbocycles. The molecule has 0 unspecified atom stereocenters. The second kappa shape index (κ2) is 11.5. The lowest BCUT2D eigenvalue weighted by molar-refractivity contribution is 0.0115. The maximum atomic E-state index is 12.1. The zero-order chi connectivity index (χ0) is 26.5. The predicted octanol–water partition coefficient (Wildman–Crippen LogP) is 3.07. The van der Waals surface area contributed by atoms with Gasteiger partial charge in [0.05, 0.1) is 36.6 Å². The van der Waals surface area contributed by atoms with E-state index in [1.54, 1.807) is 25.3 Å². The third kappa shape index (κ3) is 6.14. The molecule has 0 atom stereocenters. The van der Waals surface area contributed by atoms with Gasteiger partial charge in [0, 0.05) is 50.2 Å². The third-order valence-corrected chi connectivity index (χ3v) is 8.08. The van der Waals surface area contributed by atoms with Crippen molar-refractivity contribution >= 4 is 38.8 Å². The van der Waals surface area contributed by atoms with Gasteiger partial charge >= 0.3 is 0 Å². The fourth-order valence-electron chi connectivity index (χ4n) is 4.96. The van der Waals surface area contributed by atoms with E-state index in [4.69, 9.17) is 9.47 Å². The summed E-state index contributed by atoms with van der Waals surface area (Å²) >= 11 is 0. The minimum atomic E-state index is -3.42. The number of benzene rings is 2. The molecule has 2 N–H and O–H groups in total. The molecule has 5 rings (SSSR count). The number of piperidine rings is 1. The van der Waals surface area contributed by atoms with Crippen molar-refractivity contribution in [1.29, 1.82) is 0 Å². The molecule has 12 heteroatoms. The number of anilines is 5. The number of morpholine rings is 1. The Hall–Kier alpha value is -3.48. The molecule has 3 heterocycles. The number of methoxy groups -OCH3 is 1. The van der Waals surface area contributed by atoms with Crippen LogP contribution in [-0.4, -0.2) is 87.1 Å². The zero-order valence-electron chi connectivity index (χ0n) is 21.6. The van der Waals surface area contributed by atoms with E-state index in [0.29, 0.717) is 29.1 Å². The van der Waals surface area contributed by atoms with Gasteiger partial charge in [-0.25, -0.2) is 18.4 Å². The van der Waals surface area contributed by atoms with Crippen molar-refractivity contribution in [1.82, 2.24) is 19.9 Å². The number of ether oxygens (including phenoxy) is 2. The van der Waals surface area contributed by atoms with Gasteiger partial charge < -0.3 is 25.0 Å². The molecular formula is C26H33N7O4S. The van der Waals surface area contributed by atoms with Crippen molar-refractivity contribution in [3.8, 4) is 5.75 Å². The number of rotatable bonds is 8. The Morgan fingerprint density at radius 3 is 2.32 bits per heavy atom. The van der Waals surface area contributed by atoms with Crippen LogP contribution in [0.5, 0.6) is 5.75 Å². The molecule has 2 aromatic carbocycles. The van der Waals surface area contributed by atoms with Gasteiger partial charge in [0.2, 0.25) is 11.9 Å². The first kappa shape index (κ1) is 26.1. The molecule has 2 aliphatic rings. The number of sulfone groups is 1. The Balaban J connectivity index is 1.26. The molecule has 202 valence electrons. The molecule has 0 spiro atoms. The van der Waals surface area contributed by atoms with Gasteiger partial charge in [-0.1, -0.05) is 12.1 Å². The molecular weight excluding hydrogens is 506 g/mol. The zero-order valence-corrected chi connectivity index (χ0v) is 22.4. The van der Waals surface area contributed by atoms with Gasteiger partial charge in [-0.2, -0.15) is 4.98 Å². The van der Waals surface area contributed by atoms with E-state index < -0.39 is 9.84 Å². The third-order valence-electron chi connectivity index (χ3n) is 6.93. The first-order valence-corrected chi connectivity index (χ1v) is 14.6. The van der Waals surface area contributed by atoms with Crippen molar-refractivity contribution in [3.05, 3.63) is 48.8 Å². The minimum absolute atomic E-state index is 0.168. The lowest BCUT2D eigenvalue weighted by Crippen LogP contribution is -2.49. The van der Waals surface area contributed by atoms with Crippen LogP contribution in [0.4, 0.5) is 29.0 Å². The highest BCUT2D eigenvalue weighted by Crippen LogP contribution is 2.33. The van der Waals surface area contributed by atoms with Crippen LogP contribution in [0, 0.1) is 0 Å². The molecule has 2 fully saturated rings. The van der Waals surface area contributed by atoms with Crippen molar-refractivity contribution in [2.75, 3.05) is 68.3 Å². The molecule has 3 aromatic rings. The summed E-state index contributed by atoms with van der Waals surface area (Å²) in [5.41, 5.74) is 2.22. The van der Waals surface area contributed by atoms with Gasteiger partial charge in [-0.05, 0) is 37.1 Å². The minimum Gasteiger partial charge on any atom is -0.494 e. The summed E-state index contributed by atoms with van der Waals surface area (Å²) in [7, 11) is -1.78. The van der Waals surface area contributed by atoms with E-state index in [2.05, 4.69) is 41.5 Å². The monoisotopic (exact) mass is 539 g/mol. The Morgan fingerprint density at radius 1 is 0.947 bits per heavy atom. The molecule has 0 aliphatic carbocycles. The fourth-order valence-corrected chi connectivity index (χ4v) is 5.81. The van der Waals surface area contributed by atoms with Crippen LogP contribution >= 0.6 is 0 Å². The summed E-state index contributed by atoms with van der Waals surface area (Å²) in [4.78, 5) is 17.9. The number of aromatic nitrogens is 3. The summed E-state index contributed by atoms with van der Waals surface area (Å²) < 4.78 is 35.4. The van der Waals surface area contributed by atoms with Crippen LogP contribution < -0.4 is 20.3 Å². The van der Waals surface area contributed by atoms with E-state index >= 15 is 0 Å². The SMILES string of the molecule is COc1cc(N2CCC(N3CCOCC3)CC2)ccc1Nc1ncnc(Nc2ccccc2S(C)(=O)=O)n1. The standard InChI is InChI=1S/C26H33N7O4S/c1-36-23-17-20(32-11-9-19(10-12-32)33-13-15-37-16-14-33)7-8-21(23)29-25-27-18-28-26(31-25)30-22-5-3-4-6-24(22)38(2,34)35/h3-8,17-19H,9-16H2,1-2H3,(H2,27,28,29,30,31). The van der Waals surface area contributed by atoms with E-state index in [1.165, 1.54) is 12.4 Å². The van der Waals surface area contributed by atoms with Gasteiger partial charge in [-0.15, -0.1) is 0 Å². The van der Waals surface area contributed by atoms with Crippen molar-refractivity contribution in [2.24, 2.45) is 0 Å². The largest absolute Gasteiger partial charge is 0.494 e. The van der Waals surface area contributed by atoms with Crippen molar-refractivity contribution in [2.45, 2.75) is 23.8 Å². The second-order valence-electron chi connectivity index (χ2n) is 9.40. The molecule has 2 saturated heterocycles. The molecule has 1 aromatic heterocycles. The van der Waals surface area contributed by atoms with Crippen molar-refractivity contribution in [3.63, 3.8) is 0 Å². The summed E-state index contributed by atoms with van der Waals surface area (Å²) in [6, 6.07) is 13.3. The maximum Gasteiger partial charge on any atom is 0.232 e. The number of nitrogens with one attached hydrogen (secondary N) is 2. The molecule has 0 amide bonds. The lowest BCUT2D eigenvalue weighted by atomic mass is 10.0. The second-order valence-corrected chi connectivity index (χ2v) is 11.4. The molecule has 0 radical (unpaired) electrons. The van der Waals surface area contributed by atoms with Gasteiger partial charge in [0.15, 0.2) is 9.84 Å². The molecule has 38 heavy (non-hydrogen) atoms. The quantitative estimate of drug-likeness (QED) is 0.439. The highest BCUT2D eigenvalue weighted by Gasteiger charge is 2.26. The Kier molecular flexibility index (Phi) is 7.91. The summed E-state index contributed by atoms with van der Waals surface area (Å²) in [6.07, 6.45) is 4.78. The van der Waals surface area contributed by atoms with Gasteiger partial charge in [-0.3, -0.25) is 4.90 Å². The van der Waals surface area contributed by atoms with Crippen LogP contribution in [0.15, 0.2) is 53.7 Å². The fraction of sp³-hybridized carbons (Fsp3) is 0.423. The first-order chi connectivity index (χ1) is 18.4. The van der Waals surface area contributed by atoms with E-state index in [-0.39, 0.29) is 10.8 Å². The van der Waals surface area contributed by atoms with E-state index in [1.807, 2.05) is 12.1 Å². The topological polar surface area (TPSA) is 122 Å². The van der Waals surface area contributed by atoms with Gasteiger partial charge in [0.1, 0.15) is 12.1 Å². The van der Waals surface area contributed by atoms with E-state index in [0.717, 1.165) is 64.2 Å². The highest BCUT2D eigenvalue weighted by molar-refractivity contribution is 7.90. The number of hydrogen-bond donors (Lipinski definition) is 2.